The molecule has 32 heavy (non-hydrogen) atoms. The van der Waals surface area contributed by atoms with E-state index in [1.807, 2.05) is 36.5 Å². The van der Waals surface area contributed by atoms with Crippen molar-refractivity contribution in [2.24, 2.45) is 0 Å². The highest BCUT2D eigenvalue weighted by molar-refractivity contribution is 9.10. The van der Waals surface area contributed by atoms with E-state index in [9.17, 15) is 0 Å². The number of pyridine rings is 1. The van der Waals surface area contributed by atoms with Crippen molar-refractivity contribution in [3.8, 4) is 5.69 Å². The fourth-order valence-electron chi connectivity index (χ4n) is 4.58. The number of halogens is 1. The lowest BCUT2D eigenvalue weighted by Crippen LogP contribution is -2.29. The van der Waals surface area contributed by atoms with E-state index in [-0.39, 0.29) is 12.1 Å². The quantitative estimate of drug-likeness (QED) is 0.335. The number of benzene rings is 1. The van der Waals surface area contributed by atoms with Crippen LogP contribution >= 0.6 is 28.1 Å². The van der Waals surface area contributed by atoms with Crippen molar-refractivity contribution in [2.75, 3.05) is 0 Å². The zero-order valence-electron chi connectivity index (χ0n) is 17.8. The van der Waals surface area contributed by atoms with Crippen LogP contribution in [0.2, 0.25) is 0 Å². The second kappa shape index (κ2) is 8.56. The molecule has 1 aliphatic rings. The van der Waals surface area contributed by atoms with Crippen LogP contribution in [0.4, 0.5) is 0 Å². The highest BCUT2D eigenvalue weighted by Crippen LogP contribution is 2.42. The molecule has 1 N–H and O–H groups in total. The van der Waals surface area contributed by atoms with Gasteiger partial charge < -0.3 is 19.2 Å². The zero-order chi connectivity index (χ0) is 22.2. The molecule has 5 rings (SSSR count). The molecule has 2 atom stereocenters. The normalized spacial score (nSPS) is 18.2. The smallest absolute Gasteiger partial charge is 0.170 e. The molecule has 162 valence electrons. The van der Waals surface area contributed by atoms with E-state index in [4.69, 9.17) is 16.6 Å². The fraction of sp³-hybridized carbons (Fsp3) is 0.200. The number of aromatic nitrogens is 2. The Balaban J connectivity index is 1.64. The molecular formula is C25H23BrN4OS. The maximum atomic E-state index is 5.80. The number of para-hydroxylation sites is 1. The Kier molecular flexibility index (Phi) is 5.61. The average molecular weight is 507 g/mol. The molecular weight excluding hydrogens is 484 g/mol. The summed E-state index contributed by atoms with van der Waals surface area (Å²) in [6.45, 7) is 4.90. The van der Waals surface area contributed by atoms with E-state index in [1.54, 1.807) is 6.26 Å². The van der Waals surface area contributed by atoms with Gasteiger partial charge in [-0.2, -0.15) is 0 Å². The van der Waals surface area contributed by atoms with E-state index in [2.05, 4.69) is 79.9 Å². The summed E-state index contributed by atoms with van der Waals surface area (Å²) < 4.78 is 9.01. The molecule has 1 fully saturated rings. The Morgan fingerprint density at radius 2 is 1.91 bits per heavy atom. The van der Waals surface area contributed by atoms with Gasteiger partial charge in [-0.1, -0.05) is 18.2 Å². The third kappa shape index (κ3) is 3.65. The number of nitrogens with zero attached hydrogens (tertiary/aromatic N) is 3. The van der Waals surface area contributed by atoms with E-state index >= 15 is 0 Å². The number of rotatable bonds is 5. The first-order valence-electron chi connectivity index (χ1n) is 10.5. The maximum absolute atomic E-state index is 5.80. The SMILES string of the molecule is Cc1cc([C@H]2[C@@H](c3ccccn3)NC(=S)N2Cc2ccco2)c(C)n1-c1ccccc1Br. The number of furan rings is 1. The van der Waals surface area contributed by atoms with Crippen LogP contribution in [0.1, 0.15) is 40.5 Å². The zero-order valence-corrected chi connectivity index (χ0v) is 20.2. The molecule has 0 amide bonds. The summed E-state index contributed by atoms with van der Waals surface area (Å²) in [6, 6.07) is 20.4. The Morgan fingerprint density at radius 1 is 1.09 bits per heavy atom. The lowest BCUT2D eigenvalue weighted by Gasteiger charge is -2.27. The van der Waals surface area contributed by atoms with Crippen LogP contribution in [0.5, 0.6) is 0 Å². The number of thiocarbonyl (C=S) groups is 1. The van der Waals surface area contributed by atoms with Gasteiger partial charge >= 0.3 is 0 Å². The Bertz CT molecular complexity index is 1250. The summed E-state index contributed by atoms with van der Waals surface area (Å²) in [4.78, 5) is 6.86. The molecule has 0 unspecified atom stereocenters. The second-order valence-electron chi connectivity index (χ2n) is 7.95. The van der Waals surface area contributed by atoms with Crippen molar-refractivity contribution in [1.82, 2.24) is 19.8 Å². The van der Waals surface area contributed by atoms with Crippen molar-refractivity contribution < 1.29 is 4.42 Å². The first-order valence-corrected chi connectivity index (χ1v) is 11.7. The Labute approximate surface area is 201 Å². The van der Waals surface area contributed by atoms with Crippen LogP contribution in [0.3, 0.4) is 0 Å². The number of hydrogen-bond donors (Lipinski definition) is 1. The molecule has 0 saturated carbocycles. The van der Waals surface area contributed by atoms with Crippen LogP contribution in [-0.2, 0) is 6.54 Å². The molecule has 0 radical (unpaired) electrons. The van der Waals surface area contributed by atoms with Crippen molar-refractivity contribution in [3.63, 3.8) is 0 Å². The summed E-state index contributed by atoms with van der Waals surface area (Å²) in [5.41, 5.74) is 5.64. The third-order valence-corrected chi connectivity index (χ3v) is 7.01. The molecule has 4 heterocycles. The summed E-state index contributed by atoms with van der Waals surface area (Å²) in [6.07, 6.45) is 3.53. The van der Waals surface area contributed by atoms with Crippen LogP contribution < -0.4 is 5.32 Å². The Morgan fingerprint density at radius 3 is 2.62 bits per heavy atom. The summed E-state index contributed by atoms with van der Waals surface area (Å²) in [5, 5.41) is 4.22. The molecule has 4 aromatic rings. The van der Waals surface area contributed by atoms with Gasteiger partial charge in [-0.25, -0.2) is 0 Å². The highest BCUT2D eigenvalue weighted by Gasteiger charge is 2.41. The minimum absolute atomic E-state index is 0.0232. The van der Waals surface area contributed by atoms with Crippen molar-refractivity contribution in [3.05, 3.63) is 106 Å². The number of aryl methyl sites for hydroxylation is 1. The van der Waals surface area contributed by atoms with Gasteiger partial charge in [0.2, 0.25) is 0 Å². The van der Waals surface area contributed by atoms with E-state index in [1.165, 1.54) is 17.0 Å². The number of hydrogen-bond acceptors (Lipinski definition) is 3. The van der Waals surface area contributed by atoms with Crippen molar-refractivity contribution >= 4 is 33.3 Å². The third-order valence-electron chi connectivity index (χ3n) is 5.99. The van der Waals surface area contributed by atoms with Crippen LogP contribution in [-0.4, -0.2) is 19.6 Å². The predicted octanol–water partition coefficient (Wildman–Crippen LogP) is 6.02. The van der Waals surface area contributed by atoms with Gasteiger partial charge in [-0.05, 0) is 90.0 Å². The van der Waals surface area contributed by atoms with E-state index in [0.29, 0.717) is 11.7 Å². The van der Waals surface area contributed by atoms with Crippen molar-refractivity contribution in [1.29, 1.82) is 0 Å². The predicted molar refractivity (Wildman–Crippen MR) is 133 cm³/mol. The van der Waals surface area contributed by atoms with Crippen LogP contribution in [0, 0.1) is 13.8 Å². The molecule has 1 aliphatic heterocycles. The fourth-order valence-corrected chi connectivity index (χ4v) is 5.34. The van der Waals surface area contributed by atoms with E-state index in [0.717, 1.165) is 21.6 Å². The minimum atomic E-state index is -0.0631. The van der Waals surface area contributed by atoms with Gasteiger partial charge in [-0.15, -0.1) is 0 Å². The lowest BCUT2D eigenvalue weighted by atomic mass is 9.96. The largest absolute Gasteiger partial charge is 0.467 e. The molecule has 1 aromatic carbocycles. The molecule has 3 aromatic heterocycles. The first kappa shape index (κ1) is 21.0. The van der Waals surface area contributed by atoms with Gasteiger partial charge in [0, 0.05) is 22.1 Å². The summed E-state index contributed by atoms with van der Waals surface area (Å²) >= 11 is 9.51. The lowest BCUT2D eigenvalue weighted by molar-refractivity contribution is 0.286. The van der Waals surface area contributed by atoms with Gasteiger partial charge in [0.25, 0.3) is 0 Å². The van der Waals surface area contributed by atoms with Crippen LogP contribution in [0.25, 0.3) is 5.69 Å². The molecule has 7 heteroatoms. The molecule has 0 bridgehead atoms. The van der Waals surface area contributed by atoms with Gasteiger partial charge in [0.15, 0.2) is 5.11 Å². The summed E-state index contributed by atoms with van der Waals surface area (Å²) in [5.74, 6) is 0.875. The van der Waals surface area contributed by atoms with Gasteiger partial charge in [0.1, 0.15) is 5.76 Å². The molecule has 5 nitrogen and oxygen atoms in total. The van der Waals surface area contributed by atoms with Crippen molar-refractivity contribution in [2.45, 2.75) is 32.5 Å². The maximum Gasteiger partial charge on any atom is 0.170 e. The second-order valence-corrected chi connectivity index (χ2v) is 9.19. The highest BCUT2D eigenvalue weighted by atomic mass is 79.9. The minimum Gasteiger partial charge on any atom is -0.467 e. The number of nitrogens with one attached hydrogen (secondary N) is 1. The topological polar surface area (TPSA) is 46.2 Å². The first-order chi connectivity index (χ1) is 15.5. The summed E-state index contributed by atoms with van der Waals surface area (Å²) in [7, 11) is 0. The van der Waals surface area contributed by atoms with E-state index < -0.39 is 0 Å². The van der Waals surface area contributed by atoms with Crippen LogP contribution in [0.15, 0.2) is 82.0 Å². The molecule has 0 spiro atoms. The average Bonchev–Trinajstić information content (AvgIpc) is 3.49. The molecule has 1 saturated heterocycles. The standard InChI is InChI=1S/C25H23BrN4OS/c1-16-14-19(17(2)30(16)22-11-4-3-9-20(22)26)24-23(21-10-5-6-12-27-21)28-25(32)29(24)15-18-8-7-13-31-18/h3-14,23-24H,15H2,1-2H3,(H,28,32)/t23-,24+/m1/s1. The van der Waals surface area contributed by atoms with Gasteiger partial charge in [-0.3, -0.25) is 4.98 Å². The monoisotopic (exact) mass is 506 g/mol. The van der Waals surface area contributed by atoms with Gasteiger partial charge in [0.05, 0.1) is 36.3 Å². The Hall–Kier alpha value is -2.90. The molecule has 0 aliphatic carbocycles.